The third kappa shape index (κ3) is 3.81. The zero-order chi connectivity index (χ0) is 12.0. The van der Waals surface area contributed by atoms with Crippen LogP contribution in [-0.2, 0) is 6.42 Å². The van der Waals surface area contributed by atoms with Crippen molar-refractivity contribution in [1.82, 2.24) is 0 Å². The van der Waals surface area contributed by atoms with E-state index in [9.17, 15) is 0 Å². The van der Waals surface area contributed by atoms with Gasteiger partial charge >= 0.3 is 0 Å². The highest BCUT2D eigenvalue weighted by Gasteiger charge is 2.02. The Morgan fingerprint density at radius 3 is 2.56 bits per heavy atom. The van der Waals surface area contributed by atoms with E-state index in [0.717, 1.165) is 17.7 Å². The van der Waals surface area contributed by atoms with E-state index in [2.05, 4.69) is 12.1 Å². The van der Waals surface area contributed by atoms with E-state index in [0.29, 0.717) is 6.42 Å². The van der Waals surface area contributed by atoms with Crippen LogP contribution in [-0.4, -0.2) is 17.1 Å². The molecule has 3 N–H and O–H groups in total. The van der Waals surface area contributed by atoms with Crippen molar-refractivity contribution in [3.63, 3.8) is 0 Å². The molecule has 0 fully saturated rings. The summed E-state index contributed by atoms with van der Waals surface area (Å²) >= 11 is 0. The van der Waals surface area contributed by atoms with Crippen LogP contribution in [0.5, 0.6) is 5.75 Å². The maximum absolute atomic E-state index is 8.44. The predicted octanol–water partition coefficient (Wildman–Crippen LogP) is 2.15. The summed E-state index contributed by atoms with van der Waals surface area (Å²) in [5.74, 6) is 1.05. The summed E-state index contributed by atoms with van der Waals surface area (Å²) in [7, 11) is 0. The molecular weight excluding hydrogens is 204 g/mol. The fraction of sp³-hybridized carbons (Fsp3) is 0.417. The van der Waals surface area contributed by atoms with Crippen molar-refractivity contribution in [3.8, 4) is 5.75 Å². The fourth-order valence-corrected chi connectivity index (χ4v) is 1.25. The van der Waals surface area contributed by atoms with Crippen molar-refractivity contribution in [2.24, 2.45) is 10.9 Å². The molecule has 1 unspecified atom stereocenters. The van der Waals surface area contributed by atoms with Gasteiger partial charge in [-0.15, -0.1) is 0 Å². The Kier molecular flexibility index (Phi) is 4.64. The number of amidine groups is 1. The molecule has 16 heavy (non-hydrogen) atoms. The maximum atomic E-state index is 8.44. The van der Waals surface area contributed by atoms with Gasteiger partial charge in [0.15, 0.2) is 0 Å². The molecule has 0 saturated heterocycles. The van der Waals surface area contributed by atoms with Crippen LogP contribution in [0.1, 0.15) is 25.8 Å². The van der Waals surface area contributed by atoms with E-state index in [1.54, 1.807) is 0 Å². The van der Waals surface area contributed by atoms with Gasteiger partial charge in [-0.2, -0.15) is 0 Å². The highest BCUT2D eigenvalue weighted by atomic mass is 16.5. The molecule has 0 aromatic heterocycles. The Labute approximate surface area is 95.7 Å². The maximum Gasteiger partial charge on any atom is 0.143 e. The summed E-state index contributed by atoms with van der Waals surface area (Å²) in [4.78, 5) is 0. The fourth-order valence-electron chi connectivity index (χ4n) is 1.25. The van der Waals surface area contributed by atoms with Crippen LogP contribution in [0.25, 0.3) is 0 Å². The van der Waals surface area contributed by atoms with Crippen LogP contribution >= 0.6 is 0 Å². The topological polar surface area (TPSA) is 67.8 Å². The number of nitrogens with two attached hydrogens (primary N) is 1. The molecule has 0 saturated carbocycles. The molecule has 88 valence electrons. The Morgan fingerprint density at radius 2 is 2.06 bits per heavy atom. The van der Waals surface area contributed by atoms with Crippen LogP contribution in [0, 0.1) is 0 Å². The lowest BCUT2D eigenvalue weighted by atomic mass is 10.1. The number of hydrogen-bond acceptors (Lipinski definition) is 3. The predicted molar refractivity (Wildman–Crippen MR) is 63.9 cm³/mol. The molecule has 0 spiro atoms. The average Bonchev–Trinajstić information content (AvgIpc) is 2.31. The molecule has 1 rings (SSSR count). The van der Waals surface area contributed by atoms with Gasteiger partial charge in [-0.25, -0.2) is 0 Å². The largest absolute Gasteiger partial charge is 0.491 e. The van der Waals surface area contributed by atoms with E-state index in [4.69, 9.17) is 15.7 Å². The van der Waals surface area contributed by atoms with Crippen LogP contribution in [0.3, 0.4) is 0 Å². The number of rotatable bonds is 5. The van der Waals surface area contributed by atoms with Gasteiger partial charge in [0.1, 0.15) is 11.6 Å². The molecule has 4 heteroatoms. The van der Waals surface area contributed by atoms with Gasteiger partial charge in [-0.1, -0.05) is 24.2 Å². The van der Waals surface area contributed by atoms with Crippen molar-refractivity contribution in [2.75, 3.05) is 0 Å². The lowest BCUT2D eigenvalue weighted by Gasteiger charge is -2.12. The number of hydrogen-bond donors (Lipinski definition) is 2. The van der Waals surface area contributed by atoms with Gasteiger partial charge in [-0.3, -0.25) is 0 Å². The van der Waals surface area contributed by atoms with Gasteiger partial charge in [0, 0.05) is 6.42 Å². The van der Waals surface area contributed by atoms with Crippen molar-refractivity contribution < 1.29 is 9.94 Å². The van der Waals surface area contributed by atoms with Crippen LogP contribution in [0.15, 0.2) is 29.4 Å². The molecule has 0 bridgehead atoms. The smallest absolute Gasteiger partial charge is 0.143 e. The second kappa shape index (κ2) is 6.00. The highest BCUT2D eigenvalue weighted by Crippen LogP contribution is 2.15. The Balaban J connectivity index is 2.61. The van der Waals surface area contributed by atoms with E-state index in [1.807, 2.05) is 31.2 Å². The van der Waals surface area contributed by atoms with Gasteiger partial charge in [-0.05, 0) is 31.0 Å². The Morgan fingerprint density at radius 1 is 1.44 bits per heavy atom. The number of benzene rings is 1. The summed E-state index contributed by atoms with van der Waals surface area (Å²) < 4.78 is 5.64. The van der Waals surface area contributed by atoms with Crippen LogP contribution in [0.2, 0.25) is 0 Å². The molecule has 1 aromatic carbocycles. The average molecular weight is 222 g/mol. The van der Waals surface area contributed by atoms with Gasteiger partial charge in [0.2, 0.25) is 0 Å². The molecule has 4 nitrogen and oxygen atoms in total. The molecule has 0 aliphatic heterocycles. The first-order valence-corrected chi connectivity index (χ1v) is 5.37. The van der Waals surface area contributed by atoms with Gasteiger partial charge in [0.05, 0.1) is 6.10 Å². The quantitative estimate of drug-likeness (QED) is 0.347. The number of oxime groups is 1. The normalized spacial score (nSPS) is 13.5. The summed E-state index contributed by atoms with van der Waals surface area (Å²) in [6.45, 7) is 4.11. The first-order chi connectivity index (χ1) is 7.65. The highest BCUT2D eigenvalue weighted by molar-refractivity contribution is 5.82. The minimum Gasteiger partial charge on any atom is -0.491 e. The standard InChI is InChI=1S/C12H18N2O2/c1-3-9(2)16-11-6-4-10(5-7-11)8-12(13)14-15/h4-7,9,15H,3,8H2,1-2H3,(H2,13,14). The number of ether oxygens (including phenoxy) is 1. The molecule has 0 radical (unpaired) electrons. The first kappa shape index (κ1) is 12.4. The second-order valence-corrected chi connectivity index (χ2v) is 3.75. The van der Waals surface area contributed by atoms with Gasteiger partial charge in [0.25, 0.3) is 0 Å². The third-order valence-corrected chi connectivity index (χ3v) is 2.35. The summed E-state index contributed by atoms with van der Waals surface area (Å²) in [6, 6.07) is 7.61. The van der Waals surface area contributed by atoms with E-state index >= 15 is 0 Å². The zero-order valence-electron chi connectivity index (χ0n) is 9.68. The van der Waals surface area contributed by atoms with Crippen LogP contribution < -0.4 is 10.5 Å². The monoisotopic (exact) mass is 222 g/mol. The zero-order valence-corrected chi connectivity index (χ0v) is 9.68. The summed E-state index contributed by atoms with van der Waals surface area (Å²) in [6.07, 6.45) is 1.64. The second-order valence-electron chi connectivity index (χ2n) is 3.75. The molecule has 0 aliphatic carbocycles. The lowest BCUT2D eigenvalue weighted by molar-refractivity contribution is 0.217. The third-order valence-electron chi connectivity index (χ3n) is 2.35. The Hall–Kier alpha value is -1.71. The molecule has 1 atom stereocenters. The van der Waals surface area contributed by atoms with Crippen molar-refractivity contribution in [2.45, 2.75) is 32.8 Å². The van der Waals surface area contributed by atoms with E-state index in [-0.39, 0.29) is 11.9 Å². The summed E-state index contributed by atoms with van der Waals surface area (Å²) in [5, 5.41) is 11.4. The van der Waals surface area contributed by atoms with Gasteiger partial charge < -0.3 is 15.7 Å². The van der Waals surface area contributed by atoms with Crippen molar-refractivity contribution >= 4 is 5.84 Å². The van der Waals surface area contributed by atoms with Crippen molar-refractivity contribution in [3.05, 3.63) is 29.8 Å². The van der Waals surface area contributed by atoms with E-state index < -0.39 is 0 Å². The molecule has 0 aliphatic rings. The molecule has 1 aromatic rings. The molecule has 0 heterocycles. The van der Waals surface area contributed by atoms with Crippen molar-refractivity contribution in [1.29, 1.82) is 0 Å². The molecular formula is C12H18N2O2. The molecule has 0 amide bonds. The Bertz CT molecular complexity index is 347. The summed E-state index contributed by atoms with van der Waals surface area (Å²) in [5.41, 5.74) is 6.41. The first-order valence-electron chi connectivity index (χ1n) is 5.37. The van der Waals surface area contributed by atoms with E-state index in [1.165, 1.54) is 0 Å². The minimum absolute atomic E-state index is 0.204. The lowest BCUT2D eigenvalue weighted by Crippen LogP contribution is -2.14. The minimum atomic E-state index is 0.204. The SMILES string of the molecule is CCC(C)Oc1ccc(C/C(N)=N/O)cc1. The number of nitrogens with zero attached hydrogens (tertiary/aromatic N) is 1. The van der Waals surface area contributed by atoms with Crippen LogP contribution in [0.4, 0.5) is 0 Å².